The Labute approximate surface area is 352 Å². The standard InChI is InChI=1S/C34H32NS2.C15H28O2.Ir/c1-20(2)15-22-11-12-29-26(16-22)27(19-36-29)33-21(3)31-30(37-33)13-14-35-32(31)24-17-23-9-7-8-10-25(23)28(18-24)34(4,5)6;1-7-14(5,8-2)12(16)11-13(17)15(6,9-3)10-4;/h7-14,16,18-20H,15H2,1-6H3;11,16H,7-10H2,1-6H3;/q-1;;/b;12-11-;. The molecule has 0 fully saturated rings. The molecule has 0 spiro atoms. The van der Waals surface area contributed by atoms with Crippen molar-refractivity contribution in [1.82, 2.24) is 4.98 Å². The average Bonchev–Trinajstić information content (AvgIpc) is 3.72. The molecule has 6 rings (SSSR count). The van der Waals surface area contributed by atoms with Crippen LogP contribution in [-0.4, -0.2) is 15.9 Å². The maximum atomic E-state index is 12.2. The molecular weight excluding hydrogens is 891 g/mol. The van der Waals surface area contributed by atoms with Crippen molar-refractivity contribution < 1.29 is 30.0 Å². The summed E-state index contributed by atoms with van der Waals surface area (Å²) >= 11 is 3.74. The molecule has 0 atom stereocenters. The quantitative estimate of drug-likeness (QED) is 0.0800. The molecule has 0 saturated heterocycles. The van der Waals surface area contributed by atoms with E-state index in [2.05, 4.69) is 108 Å². The molecule has 3 aromatic heterocycles. The van der Waals surface area contributed by atoms with Gasteiger partial charge in [0.25, 0.3) is 0 Å². The molecule has 0 unspecified atom stereocenters. The Morgan fingerprint density at radius 3 is 2.15 bits per heavy atom. The van der Waals surface area contributed by atoms with Crippen molar-refractivity contribution in [2.45, 2.75) is 121 Å². The van der Waals surface area contributed by atoms with Crippen LogP contribution in [0.3, 0.4) is 0 Å². The molecule has 55 heavy (non-hydrogen) atoms. The molecule has 6 heteroatoms. The van der Waals surface area contributed by atoms with Crippen LogP contribution in [0, 0.1) is 29.7 Å². The first kappa shape index (κ1) is 44.6. The summed E-state index contributed by atoms with van der Waals surface area (Å²) in [5.74, 6) is 0.934. The molecule has 0 amide bonds. The predicted octanol–water partition coefficient (Wildman–Crippen LogP) is 15.3. The second-order valence-corrected chi connectivity index (χ2v) is 19.0. The van der Waals surface area contributed by atoms with Crippen molar-refractivity contribution in [3.05, 3.63) is 101 Å². The Bertz CT molecular complexity index is 2290. The van der Waals surface area contributed by atoms with Gasteiger partial charge in [0, 0.05) is 79.5 Å². The Balaban J connectivity index is 0.000000320. The summed E-state index contributed by atoms with van der Waals surface area (Å²) in [4.78, 5) is 18.5. The van der Waals surface area contributed by atoms with Gasteiger partial charge >= 0.3 is 0 Å². The summed E-state index contributed by atoms with van der Waals surface area (Å²) in [6.07, 6.45) is 7.83. The van der Waals surface area contributed by atoms with Gasteiger partial charge in [0.05, 0.1) is 0 Å². The Kier molecular flexibility index (Phi) is 14.6. The van der Waals surface area contributed by atoms with Crippen LogP contribution >= 0.6 is 22.7 Å². The number of fused-ring (bicyclic) bond motifs is 3. The minimum atomic E-state index is -0.337. The van der Waals surface area contributed by atoms with E-state index in [1.807, 2.05) is 70.4 Å². The first-order valence-electron chi connectivity index (χ1n) is 19.8. The van der Waals surface area contributed by atoms with Gasteiger partial charge < -0.3 is 5.11 Å². The number of aliphatic hydroxyl groups excluding tert-OH is 1. The number of hydrogen-bond donors (Lipinski definition) is 1. The number of aliphatic hydroxyl groups is 1. The fourth-order valence-electron chi connectivity index (χ4n) is 7.16. The average molecular weight is 951 g/mol. The van der Waals surface area contributed by atoms with Crippen LogP contribution in [0.25, 0.3) is 52.6 Å². The number of carbonyl (C=O) groups excluding carboxylic acids is 1. The zero-order valence-electron chi connectivity index (χ0n) is 35.0. The van der Waals surface area contributed by atoms with E-state index in [9.17, 15) is 9.90 Å². The molecule has 0 aliphatic carbocycles. The van der Waals surface area contributed by atoms with Gasteiger partial charge in [-0.3, -0.25) is 9.78 Å². The number of pyridine rings is 1. The molecule has 0 aliphatic heterocycles. The van der Waals surface area contributed by atoms with E-state index < -0.39 is 0 Å². The molecule has 3 aromatic carbocycles. The van der Waals surface area contributed by atoms with E-state index in [1.54, 1.807) is 0 Å². The largest absolute Gasteiger partial charge is 0.512 e. The topological polar surface area (TPSA) is 50.2 Å². The SMILES string of the molecule is CCC(C)(CC)C(=O)/C=C(\O)C(C)(CC)CC.Cc1c(-c2csc3ccc(CC(C)C)cc23)sc2ccnc(-c3[c-]c4ccccc4c(C(C)(C)C)c3)c12.[Ir]. The molecule has 3 heterocycles. The smallest absolute Gasteiger partial charge is 0.164 e. The minimum absolute atomic E-state index is 0. The van der Waals surface area contributed by atoms with Crippen LogP contribution in [0.15, 0.2) is 78.0 Å². The molecule has 0 aliphatic rings. The maximum absolute atomic E-state index is 12.2. The summed E-state index contributed by atoms with van der Waals surface area (Å²) in [5.41, 5.74) is 6.96. The first-order chi connectivity index (χ1) is 25.5. The van der Waals surface area contributed by atoms with E-state index in [0.717, 1.165) is 48.7 Å². The van der Waals surface area contributed by atoms with Gasteiger partial charge in [0.15, 0.2) is 5.78 Å². The number of ketones is 1. The van der Waals surface area contributed by atoms with Crippen LogP contribution in [0.1, 0.15) is 119 Å². The van der Waals surface area contributed by atoms with Crippen LogP contribution in [0.4, 0.5) is 0 Å². The molecule has 1 radical (unpaired) electrons. The Hall–Kier alpha value is -3.15. The van der Waals surface area contributed by atoms with Gasteiger partial charge in [-0.2, -0.15) is 0 Å². The Morgan fingerprint density at radius 1 is 0.873 bits per heavy atom. The van der Waals surface area contributed by atoms with Crippen molar-refractivity contribution >= 4 is 59.4 Å². The van der Waals surface area contributed by atoms with Crippen LogP contribution in [0.2, 0.25) is 0 Å². The molecular formula is C49H60IrNO2S2-. The summed E-state index contributed by atoms with van der Waals surface area (Å²) < 4.78 is 2.64. The maximum Gasteiger partial charge on any atom is 0.164 e. The van der Waals surface area contributed by atoms with Gasteiger partial charge in [-0.25, -0.2) is 0 Å². The van der Waals surface area contributed by atoms with Gasteiger partial charge in [-0.15, -0.1) is 51.8 Å². The number of benzene rings is 3. The van der Waals surface area contributed by atoms with E-state index >= 15 is 0 Å². The number of rotatable bonds is 11. The third-order valence-electron chi connectivity index (χ3n) is 11.8. The zero-order chi connectivity index (χ0) is 39.6. The Morgan fingerprint density at radius 2 is 1.53 bits per heavy atom. The first-order valence-corrected chi connectivity index (χ1v) is 21.5. The second-order valence-electron chi connectivity index (χ2n) is 17.0. The van der Waals surface area contributed by atoms with Crippen LogP contribution in [0.5, 0.6) is 0 Å². The monoisotopic (exact) mass is 951 g/mol. The number of allylic oxidation sites excluding steroid dienone is 2. The van der Waals surface area contributed by atoms with E-state index in [-0.39, 0.29) is 47.9 Å². The number of nitrogens with zero attached hydrogens (tertiary/aromatic N) is 1. The van der Waals surface area contributed by atoms with Crippen molar-refractivity contribution in [1.29, 1.82) is 0 Å². The minimum Gasteiger partial charge on any atom is -0.512 e. The van der Waals surface area contributed by atoms with Crippen LogP contribution < -0.4 is 0 Å². The van der Waals surface area contributed by atoms with Crippen LogP contribution in [-0.2, 0) is 36.7 Å². The third kappa shape index (κ3) is 9.36. The summed E-state index contributed by atoms with van der Waals surface area (Å²) in [6, 6.07) is 23.8. The van der Waals surface area contributed by atoms with E-state index in [1.165, 1.54) is 58.8 Å². The number of aryl methyl sites for hydroxylation is 1. The number of hydrogen-bond acceptors (Lipinski definition) is 5. The fraction of sp³-hybridized carbons (Fsp3) is 0.429. The molecule has 0 saturated carbocycles. The summed E-state index contributed by atoms with van der Waals surface area (Å²) in [7, 11) is 0. The normalized spacial score (nSPS) is 12.6. The van der Waals surface area contributed by atoms with E-state index in [4.69, 9.17) is 4.98 Å². The van der Waals surface area contributed by atoms with Crippen molar-refractivity contribution in [2.75, 3.05) is 0 Å². The van der Waals surface area contributed by atoms with Crippen molar-refractivity contribution in [3.8, 4) is 21.7 Å². The van der Waals surface area contributed by atoms with Gasteiger partial charge in [0.1, 0.15) is 5.76 Å². The molecule has 295 valence electrons. The zero-order valence-corrected chi connectivity index (χ0v) is 39.0. The summed E-state index contributed by atoms with van der Waals surface area (Å²) in [5, 5.41) is 17.5. The molecule has 0 bridgehead atoms. The van der Waals surface area contributed by atoms with Gasteiger partial charge in [-0.1, -0.05) is 111 Å². The third-order valence-corrected chi connectivity index (χ3v) is 14.1. The van der Waals surface area contributed by atoms with Gasteiger partial charge in [0.2, 0.25) is 0 Å². The van der Waals surface area contributed by atoms with Crippen molar-refractivity contribution in [2.24, 2.45) is 16.7 Å². The molecule has 1 N–H and O–H groups in total. The number of carbonyl (C=O) groups is 1. The summed E-state index contributed by atoms with van der Waals surface area (Å²) in [6.45, 7) is 25.8. The number of thiophene rings is 2. The second kappa shape index (κ2) is 18.0. The molecule has 3 nitrogen and oxygen atoms in total. The van der Waals surface area contributed by atoms with Gasteiger partial charge in [-0.05, 0) is 85.1 Å². The molecule has 6 aromatic rings. The number of aromatic nitrogens is 1. The predicted molar refractivity (Wildman–Crippen MR) is 237 cm³/mol. The fourth-order valence-corrected chi connectivity index (χ4v) is 9.41. The van der Waals surface area contributed by atoms with Crippen molar-refractivity contribution in [3.63, 3.8) is 0 Å². The van der Waals surface area contributed by atoms with E-state index in [0.29, 0.717) is 5.92 Å².